The summed E-state index contributed by atoms with van der Waals surface area (Å²) in [6, 6.07) is 14.6. The van der Waals surface area contributed by atoms with Gasteiger partial charge in [0.15, 0.2) is 0 Å². The van der Waals surface area contributed by atoms with Crippen LogP contribution in [0, 0.1) is 0 Å². The van der Waals surface area contributed by atoms with Crippen LogP contribution in [-0.4, -0.2) is 4.98 Å². The van der Waals surface area contributed by atoms with Gasteiger partial charge >= 0.3 is 0 Å². The van der Waals surface area contributed by atoms with Crippen molar-refractivity contribution in [2.24, 2.45) is 0 Å². The molecule has 18 heavy (non-hydrogen) atoms. The quantitative estimate of drug-likeness (QED) is 0.745. The first kappa shape index (κ1) is 11.0. The molecule has 1 heterocycles. The van der Waals surface area contributed by atoms with Crippen LogP contribution in [-0.2, 0) is 0 Å². The summed E-state index contributed by atoms with van der Waals surface area (Å²) in [6.45, 7) is 0. The van der Waals surface area contributed by atoms with Crippen LogP contribution >= 0.6 is 0 Å². The van der Waals surface area contributed by atoms with Gasteiger partial charge in [-0.1, -0.05) is 42.5 Å². The van der Waals surface area contributed by atoms with Crippen molar-refractivity contribution in [1.29, 1.82) is 0 Å². The lowest BCUT2D eigenvalue weighted by Gasteiger charge is -2.09. The third-order valence-corrected chi connectivity index (χ3v) is 3.15. The van der Waals surface area contributed by atoms with Crippen molar-refractivity contribution in [2.45, 2.75) is 12.8 Å². The molecule has 0 amide bonds. The number of pyridine rings is 1. The van der Waals surface area contributed by atoms with Gasteiger partial charge in [-0.15, -0.1) is 0 Å². The van der Waals surface area contributed by atoms with Crippen molar-refractivity contribution in [3.63, 3.8) is 0 Å². The average molecular weight is 233 g/mol. The zero-order chi connectivity index (χ0) is 12.2. The van der Waals surface area contributed by atoms with Crippen LogP contribution in [0.3, 0.4) is 0 Å². The van der Waals surface area contributed by atoms with Crippen LogP contribution in [0.4, 0.5) is 0 Å². The van der Waals surface area contributed by atoms with E-state index in [1.54, 1.807) is 0 Å². The highest BCUT2D eigenvalue weighted by Crippen LogP contribution is 2.25. The molecular weight excluding hydrogens is 218 g/mol. The normalized spacial score (nSPS) is 14.3. The summed E-state index contributed by atoms with van der Waals surface area (Å²) in [5.74, 6) is 0. The predicted octanol–water partition coefficient (Wildman–Crippen LogP) is 4.48. The molecule has 0 unspecified atom stereocenters. The first-order chi connectivity index (χ1) is 8.93. The second-order valence-corrected chi connectivity index (χ2v) is 4.43. The van der Waals surface area contributed by atoms with Crippen molar-refractivity contribution in [3.8, 4) is 11.3 Å². The van der Waals surface area contributed by atoms with Crippen LogP contribution in [0.1, 0.15) is 18.4 Å². The van der Waals surface area contributed by atoms with E-state index in [0.717, 1.165) is 18.5 Å². The van der Waals surface area contributed by atoms with Crippen LogP contribution in [0.2, 0.25) is 0 Å². The van der Waals surface area contributed by atoms with E-state index in [1.807, 2.05) is 24.4 Å². The standard InChI is InChI=1S/C17H15N/c1-2-7-14(8-3-1)15-9-6-10-16(13-15)17-11-4-5-12-18-17/h2,4-13H,1,3H2. The summed E-state index contributed by atoms with van der Waals surface area (Å²) in [6.07, 6.45) is 10.9. The Morgan fingerprint density at radius 2 is 1.83 bits per heavy atom. The molecule has 88 valence electrons. The molecule has 1 aromatic carbocycles. The molecule has 0 N–H and O–H groups in total. The SMILES string of the molecule is C1=CC(c2cccc(-c3ccccn3)c2)=CCC1. The van der Waals surface area contributed by atoms with E-state index in [9.17, 15) is 0 Å². The van der Waals surface area contributed by atoms with E-state index in [4.69, 9.17) is 0 Å². The lowest BCUT2D eigenvalue weighted by Crippen LogP contribution is -1.88. The fourth-order valence-electron chi connectivity index (χ4n) is 2.22. The van der Waals surface area contributed by atoms with Gasteiger partial charge in [-0.05, 0) is 42.2 Å². The van der Waals surface area contributed by atoms with E-state index in [1.165, 1.54) is 16.7 Å². The zero-order valence-corrected chi connectivity index (χ0v) is 10.2. The van der Waals surface area contributed by atoms with E-state index in [-0.39, 0.29) is 0 Å². The maximum atomic E-state index is 4.40. The number of hydrogen-bond acceptors (Lipinski definition) is 1. The van der Waals surface area contributed by atoms with Gasteiger partial charge in [0.05, 0.1) is 5.69 Å². The van der Waals surface area contributed by atoms with Gasteiger partial charge < -0.3 is 0 Å². The minimum absolute atomic E-state index is 1.03. The second-order valence-electron chi connectivity index (χ2n) is 4.43. The van der Waals surface area contributed by atoms with Gasteiger partial charge in [-0.3, -0.25) is 4.98 Å². The van der Waals surface area contributed by atoms with Crippen LogP contribution in [0.15, 0.2) is 66.9 Å². The molecule has 1 heteroatoms. The monoisotopic (exact) mass is 233 g/mol. The van der Waals surface area contributed by atoms with Gasteiger partial charge in [-0.25, -0.2) is 0 Å². The van der Waals surface area contributed by atoms with Crippen molar-refractivity contribution >= 4 is 5.57 Å². The first-order valence-corrected chi connectivity index (χ1v) is 6.32. The fraction of sp³-hybridized carbons (Fsp3) is 0.118. The molecule has 0 atom stereocenters. The maximum Gasteiger partial charge on any atom is 0.0702 e. The third-order valence-electron chi connectivity index (χ3n) is 3.15. The molecular formula is C17H15N. The van der Waals surface area contributed by atoms with Gasteiger partial charge in [0.2, 0.25) is 0 Å². The Morgan fingerprint density at radius 1 is 0.889 bits per heavy atom. The molecule has 0 spiro atoms. The Morgan fingerprint density at radius 3 is 2.61 bits per heavy atom. The molecule has 1 aliphatic carbocycles. The topological polar surface area (TPSA) is 12.9 Å². The molecule has 1 aliphatic rings. The van der Waals surface area contributed by atoms with Crippen molar-refractivity contribution in [2.75, 3.05) is 0 Å². The minimum atomic E-state index is 1.03. The molecule has 0 saturated heterocycles. The number of rotatable bonds is 2. The molecule has 1 nitrogen and oxygen atoms in total. The minimum Gasteiger partial charge on any atom is -0.256 e. The zero-order valence-electron chi connectivity index (χ0n) is 10.2. The smallest absolute Gasteiger partial charge is 0.0702 e. The fourth-order valence-corrected chi connectivity index (χ4v) is 2.22. The highest BCUT2D eigenvalue weighted by atomic mass is 14.7. The van der Waals surface area contributed by atoms with Crippen LogP contribution in [0.5, 0.6) is 0 Å². The number of hydrogen-bond donors (Lipinski definition) is 0. The molecule has 0 radical (unpaired) electrons. The van der Waals surface area contributed by atoms with Gasteiger partial charge in [0.1, 0.15) is 0 Å². The largest absolute Gasteiger partial charge is 0.256 e. The van der Waals surface area contributed by atoms with E-state index in [0.29, 0.717) is 0 Å². The second kappa shape index (κ2) is 5.01. The van der Waals surface area contributed by atoms with E-state index in [2.05, 4.69) is 47.5 Å². The Kier molecular flexibility index (Phi) is 3.05. The lowest BCUT2D eigenvalue weighted by molar-refractivity contribution is 1.04. The number of aromatic nitrogens is 1. The third kappa shape index (κ3) is 2.25. The molecule has 2 aromatic rings. The Balaban J connectivity index is 1.99. The Bertz CT molecular complexity index is 594. The number of benzene rings is 1. The Hall–Kier alpha value is -2.15. The van der Waals surface area contributed by atoms with Crippen molar-refractivity contribution < 1.29 is 0 Å². The number of allylic oxidation sites excluding steroid dienone is 4. The van der Waals surface area contributed by atoms with Gasteiger partial charge in [0.25, 0.3) is 0 Å². The predicted molar refractivity (Wildman–Crippen MR) is 76.0 cm³/mol. The van der Waals surface area contributed by atoms with Crippen molar-refractivity contribution in [1.82, 2.24) is 4.98 Å². The molecule has 0 bridgehead atoms. The molecule has 0 fully saturated rings. The van der Waals surface area contributed by atoms with Crippen LogP contribution in [0.25, 0.3) is 16.8 Å². The summed E-state index contributed by atoms with van der Waals surface area (Å²) in [7, 11) is 0. The highest BCUT2D eigenvalue weighted by molar-refractivity contribution is 5.77. The summed E-state index contributed by atoms with van der Waals surface area (Å²) < 4.78 is 0. The summed E-state index contributed by atoms with van der Waals surface area (Å²) in [5, 5.41) is 0. The van der Waals surface area contributed by atoms with E-state index < -0.39 is 0 Å². The van der Waals surface area contributed by atoms with Gasteiger partial charge in [0, 0.05) is 11.8 Å². The van der Waals surface area contributed by atoms with Gasteiger partial charge in [-0.2, -0.15) is 0 Å². The molecule has 1 aromatic heterocycles. The number of nitrogens with zero attached hydrogens (tertiary/aromatic N) is 1. The molecule has 3 rings (SSSR count). The highest BCUT2D eigenvalue weighted by Gasteiger charge is 2.04. The van der Waals surface area contributed by atoms with Crippen LogP contribution < -0.4 is 0 Å². The first-order valence-electron chi connectivity index (χ1n) is 6.32. The lowest BCUT2D eigenvalue weighted by atomic mass is 9.97. The van der Waals surface area contributed by atoms with Crippen molar-refractivity contribution in [3.05, 3.63) is 72.5 Å². The maximum absolute atomic E-state index is 4.40. The average Bonchev–Trinajstić information content (AvgIpc) is 2.49. The Labute approximate surface area is 108 Å². The molecule has 0 saturated carbocycles. The van der Waals surface area contributed by atoms with E-state index >= 15 is 0 Å². The summed E-state index contributed by atoms with van der Waals surface area (Å²) >= 11 is 0. The molecule has 0 aliphatic heterocycles. The summed E-state index contributed by atoms with van der Waals surface area (Å²) in [5.41, 5.74) is 4.79. The summed E-state index contributed by atoms with van der Waals surface area (Å²) in [4.78, 5) is 4.40.